The smallest absolute Gasteiger partial charge is 0.301 e. The molecule has 2 N–H and O–H groups in total. The summed E-state index contributed by atoms with van der Waals surface area (Å²) in [7, 11) is 0. The summed E-state index contributed by atoms with van der Waals surface area (Å²) >= 11 is 0. The number of hydrogen-bond donors (Lipinski definition) is 2. The summed E-state index contributed by atoms with van der Waals surface area (Å²) in [6, 6.07) is 19.1. The zero-order valence-electron chi connectivity index (χ0n) is 15.6. The van der Waals surface area contributed by atoms with Crippen LogP contribution in [0, 0.1) is 6.92 Å². The molecule has 1 saturated heterocycles. The zero-order chi connectivity index (χ0) is 20.5. The minimum atomic E-state index is -0.870. The standard InChI is InChI=1S/C23H18N2O4/c1-14-6-5-9-18(24-14)25-20(15-10-12-17(26)13-11-15)19(22(28)23(25)29)21(27)16-7-3-2-4-8-16/h2-13,20,26-27H,1H3/b21-19+. The summed E-state index contributed by atoms with van der Waals surface area (Å²) in [5.41, 5.74) is 1.68. The lowest BCUT2D eigenvalue weighted by atomic mass is 9.95. The Bertz CT molecular complexity index is 1120. The molecule has 1 aliphatic rings. The van der Waals surface area contributed by atoms with Gasteiger partial charge in [0.2, 0.25) is 0 Å². The molecule has 0 saturated carbocycles. The number of pyridine rings is 1. The number of rotatable bonds is 3. The first-order chi connectivity index (χ1) is 14.0. The molecule has 0 radical (unpaired) electrons. The van der Waals surface area contributed by atoms with E-state index in [0.29, 0.717) is 22.6 Å². The molecule has 0 aliphatic carbocycles. The van der Waals surface area contributed by atoms with Gasteiger partial charge in [-0.25, -0.2) is 4.98 Å². The Morgan fingerprint density at radius 3 is 2.28 bits per heavy atom. The van der Waals surface area contributed by atoms with Crippen LogP contribution in [-0.4, -0.2) is 26.9 Å². The second-order valence-electron chi connectivity index (χ2n) is 6.76. The SMILES string of the molecule is Cc1cccc(N2C(=O)C(=O)/C(=C(/O)c3ccccc3)C2c2ccc(O)cc2)n1. The van der Waals surface area contributed by atoms with Crippen LogP contribution in [0.25, 0.3) is 5.76 Å². The number of carbonyl (C=O) groups excluding carboxylic acids is 2. The van der Waals surface area contributed by atoms with Crippen LogP contribution >= 0.6 is 0 Å². The fourth-order valence-corrected chi connectivity index (χ4v) is 3.46. The number of nitrogens with zero attached hydrogens (tertiary/aromatic N) is 2. The van der Waals surface area contributed by atoms with Crippen molar-refractivity contribution in [2.45, 2.75) is 13.0 Å². The molecule has 3 aromatic rings. The highest BCUT2D eigenvalue weighted by Crippen LogP contribution is 2.41. The number of aryl methyl sites for hydroxylation is 1. The van der Waals surface area contributed by atoms with E-state index in [1.165, 1.54) is 17.0 Å². The summed E-state index contributed by atoms with van der Waals surface area (Å²) in [4.78, 5) is 31.6. The van der Waals surface area contributed by atoms with Crippen LogP contribution in [0.1, 0.15) is 22.9 Å². The number of aromatic nitrogens is 1. The van der Waals surface area contributed by atoms with E-state index in [9.17, 15) is 19.8 Å². The number of benzene rings is 2. The first kappa shape index (κ1) is 18.4. The van der Waals surface area contributed by atoms with Gasteiger partial charge in [0.1, 0.15) is 17.3 Å². The van der Waals surface area contributed by atoms with Crippen LogP contribution in [-0.2, 0) is 9.59 Å². The normalized spacial score (nSPS) is 18.2. The number of hydrogen-bond acceptors (Lipinski definition) is 5. The van der Waals surface area contributed by atoms with Crippen molar-refractivity contribution in [3.63, 3.8) is 0 Å². The lowest BCUT2D eigenvalue weighted by Crippen LogP contribution is -2.30. The Balaban J connectivity index is 1.96. The van der Waals surface area contributed by atoms with Crippen molar-refractivity contribution in [1.29, 1.82) is 0 Å². The van der Waals surface area contributed by atoms with Gasteiger partial charge in [0.05, 0.1) is 11.6 Å². The number of amides is 1. The summed E-state index contributed by atoms with van der Waals surface area (Å²) in [6.45, 7) is 1.79. The van der Waals surface area contributed by atoms with Gasteiger partial charge >= 0.3 is 5.91 Å². The molecular weight excluding hydrogens is 368 g/mol. The number of aromatic hydroxyl groups is 1. The molecule has 6 nitrogen and oxygen atoms in total. The summed E-state index contributed by atoms with van der Waals surface area (Å²) in [6.07, 6.45) is 0. The number of phenols is 1. The third-order valence-corrected chi connectivity index (χ3v) is 4.82. The Morgan fingerprint density at radius 2 is 1.62 bits per heavy atom. The monoisotopic (exact) mass is 386 g/mol. The molecule has 1 aromatic heterocycles. The van der Waals surface area contributed by atoms with E-state index in [1.807, 2.05) is 0 Å². The second kappa shape index (κ2) is 7.24. The average molecular weight is 386 g/mol. The molecule has 144 valence electrons. The second-order valence-corrected chi connectivity index (χ2v) is 6.76. The molecule has 1 amide bonds. The van der Waals surface area contributed by atoms with Crippen molar-refractivity contribution < 1.29 is 19.8 Å². The highest BCUT2D eigenvalue weighted by Gasteiger charge is 2.47. The van der Waals surface area contributed by atoms with E-state index in [0.717, 1.165) is 0 Å². The number of phenolic OH excluding ortho intramolecular Hbond substituents is 1. The molecule has 1 fully saturated rings. The highest BCUT2D eigenvalue weighted by molar-refractivity contribution is 6.51. The quantitative estimate of drug-likeness (QED) is 0.407. The van der Waals surface area contributed by atoms with Crippen LogP contribution in [0.2, 0.25) is 0 Å². The first-order valence-corrected chi connectivity index (χ1v) is 9.06. The maximum Gasteiger partial charge on any atom is 0.301 e. The lowest BCUT2D eigenvalue weighted by Gasteiger charge is -2.24. The Labute approximate surface area is 167 Å². The van der Waals surface area contributed by atoms with Crippen molar-refractivity contribution in [1.82, 2.24) is 4.98 Å². The van der Waals surface area contributed by atoms with Gasteiger partial charge in [0.15, 0.2) is 0 Å². The van der Waals surface area contributed by atoms with Gasteiger partial charge < -0.3 is 10.2 Å². The predicted molar refractivity (Wildman–Crippen MR) is 108 cm³/mol. The van der Waals surface area contributed by atoms with Gasteiger partial charge in [0.25, 0.3) is 5.78 Å². The molecule has 29 heavy (non-hydrogen) atoms. The van der Waals surface area contributed by atoms with E-state index in [1.54, 1.807) is 67.6 Å². The lowest BCUT2D eigenvalue weighted by molar-refractivity contribution is -0.132. The highest BCUT2D eigenvalue weighted by atomic mass is 16.3. The van der Waals surface area contributed by atoms with Gasteiger partial charge in [-0.2, -0.15) is 0 Å². The van der Waals surface area contributed by atoms with Gasteiger partial charge in [-0.05, 0) is 36.8 Å². The molecule has 4 rings (SSSR count). The minimum Gasteiger partial charge on any atom is -0.508 e. The molecule has 0 spiro atoms. The molecule has 1 aliphatic heterocycles. The van der Waals surface area contributed by atoms with Crippen molar-refractivity contribution in [3.8, 4) is 5.75 Å². The molecule has 2 heterocycles. The van der Waals surface area contributed by atoms with Crippen LogP contribution < -0.4 is 4.90 Å². The van der Waals surface area contributed by atoms with Gasteiger partial charge in [-0.3, -0.25) is 14.5 Å². The van der Waals surface area contributed by atoms with E-state index in [2.05, 4.69) is 4.98 Å². The third kappa shape index (κ3) is 3.25. The van der Waals surface area contributed by atoms with E-state index >= 15 is 0 Å². The molecule has 6 heteroatoms. The summed E-state index contributed by atoms with van der Waals surface area (Å²) in [5.74, 6) is -1.43. The molecule has 2 aromatic carbocycles. The van der Waals surface area contributed by atoms with Crippen LogP contribution in [0.5, 0.6) is 5.75 Å². The molecule has 1 atom stereocenters. The Hall–Kier alpha value is -3.93. The van der Waals surface area contributed by atoms with Crippen molar-refractivity contribution >= 4 is 23.3 Å². The molecular formula is C23H18N2O4. The van der Waals surface area contributed by atoms with Crippen LogP contribution in [0.15, 0.2) is 78.4 Å². The predicted octanol–water partition coefficient (Wildman–Crippen LogP) is 3.72. The Kier molecular flexibility index (Phi) is 4.60. The van der Waals surface area contributed by atoms with E-state index < -0.39 is 17.7 Å². The number of Topliss-reactive ketones (excluding diaryl/α,β-unsaturated/α-hetero) is 1. The van der Waals surface area contributed by atoms with Crippen LogP contribution in [0.3, 0.4) is 0 Å². The summed E-state index contributed by atoms with van der Waals surface area (Å²) in [5, 5.41) is 20.6. The minimum absolute atomic E-state index is 0.0183. The average Bonchev–Trinajstić information content (AvgIpc) is 2.99. The van der Waals surface area contributed by atoms with E-state index in [-0.39, 0.29) is 17.1 Å². The number of aliphatic hydroxyl groups is 1. The third-order valence-electron chi connectivity index (χ3n) is 4.82. The first-order valence-electron chi connectivity index (χ1n) is 9.06. The molecule has 0 bridgehead atoms. The largest absolute Gasteiger partial charge is 0.508 e. The summed E-state index contributed by atoms with van der Waals surface area (Å²) < 4.78 is 0. The van der Waals surface area contributed by atoms with Crippen molar-refractivity contribution in [2.24, 2.45) is 0 Å². The van der Waals surface area contributed by atoms with Gasteiger partial charge in [-0.1, -0.05) is 48.5 Å². The van der Waals surface area contributed by atoms with Crippen molar-refractivity contribution in [3.05, 3.63) is 95.2 Å². The maximum atomic E-state index is 13.0. The molecule has 1 unspecified atom stereocenters. The maximum absolute atomic E-state index is 13.0. The fourth-order valence-electron chi connectivity index (χ4n) is 3.46. The van der Waals surface area contributed by atoms with Crippen LogP contribution in [0.4, 0.5) is 5.82 Å². The topological polar surface area (TPSA) is 90.7 Å². The van der Waals surface area contributed by atoms with Gasteiger partial charge in [-0.15, -0.1) is 0 Å². The zero-order valence-corrected chi connectivity index (χ0v) is 15.6. The number of ketones is 1. The number of anilines is 1. The Morgan fingerprint density at radius 1 is 0.931 bits per heavy atom. The van der Waals surface area contributed by atoms with Crippen molar-refractivity contribution in [2.75, 3.05) is 4.90 Å². The van der Waals surface area contributed by atoms with Gasteiger partial charge in [0, 0.05) is 11.3 Å². The number of aliphatic hydroxyl groups excluding tert-OH is 1. The van der Waals surface area contributed by atoms with E-state index in [4.69, 9.17) is 0 Å². The fraction of sp³-hybridized carbons (Fsp3) is 0.0870. The number of carbonyl (C=O) groups is 2.